The van der Waals surface area contributed by atoms with E-state index in [1.165, 1.54) is 0 Å². The van der Waals surface area contributed by atoms with Gasteiger partial charge < -0.3 is 0 Å². The van der Waals surface area contributed by atoms with Crippen molar-refractivity contribution in [3.05, 3.63) is 35.9 Å². The second-order valence-electron chi connectivity index (χ2n) is 4.18. The highest BCUT2D eigenvalue weighted by Crippen LogP contribution is 2.15. The lowest BCUT2D eigenvalue weighted by molar-refractivity contribution is 0.566. The lowest BCUT2D eigenvalue weighted by atomic mass is 10.1. The van der Waals surface area contributed by atoms with E-state index in [1.54, 1.807) is 24.3 Å². The van der Waals surface area contributed by atoms with E-state index < -0.39 is 37.4 Å². The number of rotatable bonds is 7. The molecule has 19 heavy (non-hydrogen) atoms. The van der Waals surface area contributed by atoms with Crippen molar-refractivity contribution in [3.63, 3.8) is 0 Å². The molecule has 8 heteroatoms. The second kappa shape index (κ2) is 6.69. The third-order valence-electron chi connectivity index (χ3n) is 2.40. The lowest BCUT2D eigenvalue weighted by Gasteiger charge is -2.16. The molecule has 0 aliphatic rings. The van der Waals surface area contributed by atoms with Crippen LogP contribution >= 0.6 is 11.6 Å². The molecule has 1 N–H and O–H groups in total. The van der Waals surface area contributed by atoms with E-state index in [0.717, 1.165) is 11.8 Å². The molecule has 0 bridgehead atoms. The van der Waals surface area contributed by atoms with E-state index in [9.17, 15) is 16.8 Å². The molecule has 1 rings (SSSR count). The monoisotopic (exact) mass is 325 g/mol. The predicted molar refractivity (Wildman–Crippen MR) is 76.5 cm³/mol. The van der Waals surface area contributed by atoms with Crippen LogP contribution in [0.15, 0.2) is 30.3 Å². The minimum Gasteiger partial charge on any atom is -0.229 e. The summed E-state index contributed by atoms with van der Waals surface area (Å²) in [5.41, 5.74) is 0.737. The Labute approximate surface area is 118 Å². The first kappa shape index (κ1) is 16.4. The van der Waals surface area contributed by atoms with Gasteiger partial charge in [-0.3, -0.25) is 0 Å². The first-order chi connectivity index (χ1) is 8.73. The summed E-state index contributed by atoms with van der Waals surface area (Å²) in [5, 5.41) is 0. The zero-order valence-corrected chi connectivity index (χ0v) is 12.8. The molecular weight excluding hydrogens is 310 g/mol. The Kier molecular flexibility index (Phi) is 5.79. The molecule has 1 aromatic carbocycles. The first-order valence-corrected chi connectivity index (χ1v) is 9.77. The van der Waals surface area contributed by atoms with E-state index in [4.69, 9.17) is 11.6 Å². The molecule has 0 aliphatic carbocycles. The minimum atomic E-state index is -3.69. The quantitative estimate of drug-likeness (QED) is 0.756. The molecule has 0 radical (unpaired) electrons. The van der Waals surface area contributed by atoms with Gasteiger partial charge in [-0.15, -0.1) is 11.6 Å². The van der Waals surface area contributed by atoms with Gasteiger partial charge in [0.25, 0.3) is 0 Å². The summed E-state index contributed by atoms with van der Waals surface area (Å²) in [7, 11) is -7.00. The Morgan fingerprint density at radius 2 is 1.68 bits per heavy atom. The number of benzene rings is 1. The number of hydrogen-bond acceptors (Lipinski definition) is 4. The van der Waals surface area contributed by atoms with Gasteiger partial charge in [-0.2, -0.15) is 0 Å². The Hall–Kier alpha value is -0.630. The van der Waals surface area contributed by atoms with Gasteiger partial charge in [0.05, 0.1) is 17.5 Å². The zero-order chi connectivity index (χ0) is 14.5. The number of nitrogens with one attached hydrogen (secondary N) is 1. The van der Waals surface area contributed by atoms with E-state index in [1.807, 2.05) is 6.07 Å². The molecule has 0 saturated carbocycles. The largest absolute Gasteiger partial charge is 0.229 e. The van der Waals surface area contributed by atoms with Crippen molar-refractivity contribution < 1.29 is 16.8 Å². The molecular formula is C11H16ClNO4S2. The van der Waals surface area contributed by atoms with Crippen LogP contribution in [0.1, 0.15) is 11.6 Å². The average molecular weight is 326 g/mol. The van der Waals surface area contributed by atoms with Crippen molar-refractivity contribution in [1.82, 2.24) is 4.72 Å². The molecule has 108 valence electrons. The number of hydrogen-bond donors (Lipinski definition) is 1. The van der Waals surface area contributed by atoms with Crippen LogP contribution in [0.25, 0.3) is 0 Å². The van der Waals surface area contributed by atoms with Crippen LogP contribution in [0.2, 0.25) is 0 Å². The fraction of sp³-hybridized carbons (Fsp3) is 0.455. The third-order valence-corrected chi connectivity index (χ3v) is 5.30. The van der Waals surface area contributed by atoms with Crippen molar-refractivity contribution in [2.75, 3.05) is 23.6 Å². The van der Waals surface area contributed by atoms with Gasteiger partial charge in [-0.1, -0.05) is 30.3 Å². The first-order valence-electron chi connectivity index (χ1n) is 5.52. The Morgan fingerprint density at radius 1 is 1.11 bits per heavy atom. The van der Waals surface area contributed by atoms with Crippen LogP contribution in [0, 0.1) is 0 Å². The molecule has 5 nitrogen and oxygen atoms in total. The normalized spacial score (nSPS) is 14.2. The summed E-state index contributed by atoms with van der Waals surface area (Å²) < 4.78 is 47.9. The maximum absolute atomic E-state index is 11.8. The van der Waals surface area contributed by atoms with Gasteiger partial charge in [-0.25, -0.2) is 21.6 Å². The molecule has 0 saturated heterocycles. The molecule has 0 spiro atoms. The summed E-state index contributed by atoms with van der Waals surface area (Å²) in [6, 6.07) is 8.32. The van der Waals surface area contributed by atoms with Crippen LogP contribution < -0.4 is 4.72 Å². The fourth-order valence-corrected chi connectivity index (χ4v) is 4.62. The predicted octanol–water partition coefficient (Wildman–Crippen LogP) is 0.930. The van der Waals surface area contributed by atoms with Gasteiger partial charge in [0, 0.05) is 12.1 Å². The maximum Gasteiger partial charge on any atom is 0.213 e. The van der Waals surface area contributed by atoms with Crippen LogP contribution in [0.4, 0.5) is 0 Å². The van der Waals surface area contributed by atoms with Gasteiger partial charge in [0.2, 0.25) is 10.0 Å². The van der Waals surface area contributed by atoms with Crippen LogP contribution in [0.5, 0.6) is 0 Å². The highest BCUT2D eigenvalue weighted by Gasteiger charge is 2.20. The third kappa shape index (κ3) is 6.38. The molecule has 0 heterocycles. The van der Waals surface area contributed by atoms with E-state index in [0.29, 0.717) is 0 Å². The number of alkyl halides is 1. The highest BCUT2D eigenvalue weighted by molar-refractivity contribution is 7.93. The second-order valence-corrected chi connectivity index (χ2v) is 8.63. The Balaban J connectivity index is 2.76. The van der Waals surface area contributed by atoms with E-state index >= 15 is 0 Å². The van der Waals surface area contributed by atoms with Gasteiger partial charge >= 0.3 is 0 Å². The smallest absolute Gasteiger partial charge is 0.213 e. The van der Waals surface area contributed by atoms with Gasteiger partial charge in [0.15, 0.2) is 0 Å². The Bertz CT molecular complexity index is 599. The summed E-state index contributed by atoms with van der Waals surface area (Å²) in [5.74, 6) is -0.805. The van der Waals surface area contributed by atoms with Gasteiger partial charge in [-0.05, 0) is 5.56 Å². The highest BCUT2D eigenvalue weighted by atomic mass is 35.5. The van der Waals surface area contributed by atoms with Crippen molar-refractivity contribution >= 4 is 31.5 Å². The number of sulfonamides is 1. The van der Waals surface area contributed by atoms with Crippen LogP contribution in [0.3, 0.4) is 0 Å². The van der Waals surface area contributed by atoms with Crippen molar-refractivity contribution in [2.24, 2.45) is 0 Å². The van der Waals surface area contributed by atoms with E-state index in [2.05, 4.69) is 4.72 Å². The van der Waals surface area contributed by atoms with Crippen LogP contribution in [-0.4, -0.2) is 40.5 Å². The molecule has 1 atom stereocenters. The summed E-state index contributed by atoms with van der Waals surface area (Å²) in [4.78, 5) is 0. The number of sulfone groups is 1. The topological polar surface area (TPSA) is 80.3 Å². The molecule has 0 aromatic heterocycles. The average Bonchev–Trinajstić information content (AvgIpc) is 2.34. The van der Waals surface area contributed by atoms with Crippen molar-refractivity contribution in [1.29, 1.82) is 0 Å². The zero-order valence-electron chi connectivity index (χ0n) is 10.4. The standard InChI is InChI=1S/C11H16ClNO4S2/c1-18(14,15)7-8-19(16,17)13-11(9-12)10-5-3-2-4-6-10/h2-6,11,13H,7-9H2,1H3. The Morgan fingerprint density at radius 3 is 2.16 bits per heavy atom. The van der Waals surface area contributed by atoms with Crippen LogP contribution in [-0.2, 0) is 19.9 Å². The fourth-order valence-electron chi connectivity index (χ4n) is 1.41. The molecule has 1 aromatic rings. The summed E-state index contributed by atoms with van der Waals surface area (Å²) in [6.45, 7) is 0. The summed E-state index contributed by atoms with van der Waals surface area (Å²) in [6.07, 6.45) is 0.999. The molecule has 0 aliphatic heterocycles. The summed E-state index contributed by atoms with van der Waals surface area (Å²) >= 11 is 5.75. The molecule has 1 unspecified atom stereocenters. The van der Waals surface area contributed by atoms with Crippen molar-refractivity contribution in [2.45, 2.75) is 6.04 Å². The van der Waals surface area contributed by atoms with Crippen molar-refractivity contribution in [3.8, 4) is 0 Å². The minimum absolute atomic E-state index is 0.0715. The van der Waals surface area contributed by atoms with Gasteiger partial charge in [0.1, 0.15) is 9.84 Å². The SMILES string of the molecule is CS(=O)(=O)CCS(=O)(=O)NC(CCl)c1ccccc1. The molecule has 0 amide bonds. The maximum atomic E-state index is 11.8. The lowest BCUT2D eigenvalue weighted by Crippen LogP contribution is -2.33. The number of halogens is 1. The van der Waals surface area contributed by atoms with E-state index in [-0.39, 0.29) is 5.88 Å². The molecule has 0 fully saturated rings.